The van der Waals surface area contributed by atoms with E-state index in [0.717, 1.165) is 30.8 Å². The minimum atomic E-state index is -0.606. The lowest BCUT2D eigenvalue weighted by Crippen LogP contribution is -2.35. The maximum Gasteiger partial charge on any atom is 0.255 e. The Morgan fingerprint density at radius 2 is 2.00 bits per heavy atom. The van der Waals surface area contributed by atoms with Crippen molar-refractivity contribution in [2.75, 3.05) is 31.6 Å². The smallest absolute Gasteiger partial charge is 0.255 e. The van der Waals surface area contributed by atoms with Gasteiger partial charge in [-0.25, -0.2) is 4.39 Å². The molecule has 3 rings (SSSR count). The number of benzene rings is 2. The molecule has 0 atom stereocenters. The third kappa shape index (κ3) is 4.41. The number of rotatable bonds is 4. The van der Waals surface area contributed by atoms with E-state index in [0.29, 0.717) is 25.4 Å². The fraction of sp³-hybridized carbons (Fsp3) is 0.263. The quantitative estimate of drug-likeness (QED) is 0.930. The number of carbonyl (C=O) groups is 1. The molecule has 5 nitrogen and oxygen atoms in total. The summed E-state index contributed by atoms with van der Waals surface area (Å²) in [5, 5.41) is 11.7. The standard InChI is InChI=1S/C19H18FN3O2/c20-17-10-14(12-21)9-16(11-17)19(24)22-18-4-2-1-3-15(18)13-23-5-7-25-8-6-23/h1-4,9-11H,5-8,13H2,(H,22,24). The number of para-hydroxylation sites is 1. The topological polar surface area (TPSA) is 65.4 Å². The number of hydrogen-bond donors (Lipinski definition) is 1. The number of nitrogens with zero attached hydrogens (tertiary/aromatic N) is 2. The number of halogens is 1. The Bertz CT molecular complexity index is 811. The fourth-order valence-electron chi connectivity index (χ4n) is 2.76. The predicted molar refractivity (Wildman–Crippen MR) is 91.6 cm³/mol. The van der Waals surface area contributed by atoms with Crippen molar-refractivity contribution < 1.29 is 13.9 Å². The molecule has 0 radical (unpaired) electrons. The number of morpholine rings is 1. The number of nitriles is 1. The van der Waals surface area contributed by atoms with Crippen LogP contribution in [0.5, 0.6) is 0 Å². The molecule has 1 aliphatic rings. The highest BCUT2D eigenvalue weighted by molar-refractivity contribution is 6.04. The third-order valence-corrected chi connectivity index (χ3v) is 4.05. The molecule has 1 amide bonds. The predicted octanol–water partition coefficient (Wildman–Crippen LogP) is 2.78. The average Bonchev–Trinajstić information content (AvgIpc) is 2.63. The number of amides is 1. The minimum absolute atomic E-state index is 0.117. The summed E-state index contributed by atoms with van der Waals surface area (Å²) < 4.78 is 18.9. The molecule has 0 aromatic heterocycles. The summed E-state index contributed by atoms with van der Waals surface area (Å²) in [6, 6.07) is 13.0. The van der Waals surface area contributed by atoms with Crippen molar-refractivity contribution in [1.82, 2.24) is 4.90 Å². The first-order valence-corrected chi connectivity index (χ1v) is 8.06. The van der Waals surface area contributed by atoms with Gasteiger partial charge in [0, 0.05) is 30.9 Å². The number of carbonyl (C=O) groups excluding carboxylic acids is 1. The van der Waals surface area contributed by atoms with Crippen LogP contribution in [0.25, 0.3) is 0 Å². The first kappa shape index (κ1) is 17.1. The molecule has 2 aromatic carbocycles. The summed E-state index contributed by atoms with van der Waals surface area (Å²) >= 11 is 0. The van der Waals surface area contributed by atoms with E-state index >= 15 is 0 Å². The number of anilines is 1. The fourth-order valence-corrected chi connectivity index (χ4v) is 2.76. The van der Waals surface area contributed by atoms with Gasteiger partial charge in [0.05, 0.1) is 24.8 Å². The second-order valence-corrected chi connectivity index (χ2v) is 5.84. The number of hydrogen-bond acceptors (Lipinski definition) is 4. The van der Waals surface area contributed by atoms with Gasteiger partial charge < -0.3 is 10.1 Å². The zero-order valence-electron chi connectivity index (χ0n) is 13.7. The van der Waals surface area contributed by atoms with Crippen molar-refractivity contribution in [2.24, 2.45) is 0 Å². The summed E-state index contributed by atoms with van der Waals surface area (Å²) in [6.07, 6.45) is 0. The molecule has 2 aromatic rings. The average molecular weight is 339 g/mol. The molecule has 1 fully saturated rings. The first-order chi connectivity index (χ1) is 12.2. The SMILES string of the molecule is N#Cc1cc(F)cc(C(=O)Nc2ccccc2CN2CCOCC2)c1. The Morgan fingerprint density at radius 1 is 1.24 bits per heavy atom. The van der Waals surface area contributed by atoms with E-state index in [-0.39, 0.29) is 11.1 Å². The molecular formula is C19H18FN3O2. The van der Waals surface area contributed by atoms with Gasteiger partial charge in [0.15, 0.2) is 0 Å². The van der Waals surface area contributed by atoms with Crippen LogP contribution in [0.15, 0.2) is 42.5 Å². The van der Waals surface area contributed by atoms with Crippen molar-refractivity contribution in [3.63, 3.8) is 0 Å². The lowest BCUT2D eigenvalue weighted by atomic mass is 10.1. The molecule has 0 saturated carbocycles. The maximum absolute atomic E-state index is 13.6. The molecule has 0 unspecified atom stereocenters. The van der Waals surface area contributed by atoms with Crippen molar-refractivity contribution in [2.45, 2.75) is 6.54 Å². The van der Waals surface area contributed by atoms with Gasteiger partial charge in [0.25, 0.3) is 5.91 Å². The van der Waals surface area contributed by atoms with E-state index in [1.165, 1.54) is 6.07 Å². The minimum Gasteiger partial charge on any atom is -0.379 e. The van der Waals surface area contributed by atoms with E-state index in [2.05, 4.69) is 10.2 Å². The highest BCUT2D eigenvalue weighted by Gasteiger charge is 2.15. The van der Waals surface area contributed by atoms with E-state index < -0.39 is 11.7 Å². The van der Waals surface area contributed by atoms with Crippen molar-refractivity contribution >= 4 is 11.6 Å². The molecule has 1 saturated heterocycles. The molecular weight excluding hydrogens is 321 g/mol. The molecule has 0 bridgehead atoms. The monoisotopic (exact) mass is 339 g/mol. The molecule has 0 spiro atoms. The van der Waals surface area contributed by atoms with Crippen molar-refractivity contribution in [3.8, 4) is 6.07 Å². The van der Waals surface area contributed by atoms with Gasteiger partial charge in [-0.15, -0.1) is 0 Å². The van der Waals surface area contributed by atoms with Crippen LogP contribution in [0.2, 0.25) is 0 Å². The van der Waals surface area contributed by atoms with E-state index in [9.17, 15) is 9.18 Å². The molecule has 6 heteroatoms. The number of ether oxygens (including phenoxy) is 1. The van der Waals surface area contributed by atoms with Crippen LogP contribution < -0.4 is 5.32 Å². The Morgan fingerprint density at radius 3 is 2.76 bits per heavy atom. The first-order valence-electron chi connectivity index (χ1n) is 8.06. The van der Waals surface area contributed by atoms with E-state index in [1.807, 2.05) is 30.3 Å². The maximum atomic E-state index is 13.6. The lowest BCUT2D eigenvalue weighted by molar-refractivity contribution is 0.0342. The summed E-state index contributed by atoms with van der Waals surface area (Å²) in [5.74, 6) is -1.05. The second kappa shape index (κ2) is 7.88. The van der Waals surface area contributed by atoms with Gasteiger partial charge in [-0.1, -0.05) is 18.2 Å². The summed E-state index contributed by atoms with van der Waals surface area (Å²) in [6.45, 7) is 3.80. The Kier molecular flexibility index (Phi) is 5.39. The van der Waals surface area contributed by atoms with Gasteiger partial charge in [0.1, 0.15) is 5.82 Å². The van der Waals surface area contributed by atoms with E-state index in [1.54, 1.807) is 0 Å². The summed E-state index contributed by atoms with van der Waals surface area (Å²) in [5.41, 5.74) is 1.90. The Labute approximate surface area is 145 Å². The van der Waals surface area contributed by atoms with Crippen LogP contribution in [-0.4, -0.2) is 37.1 Å². The normalized spacial score (nSPS) is 14.7. The van der Waals surface area contributed by atoms with Crippen LogP contribution in [0.3, 0.4) is 0 Å². The van der Waals surface area contributed by atoms with Gasteiger partial charge in [-0.2, -0.15) is 5.26 Å². The Hall–Kier alpha value is -2.75. The highest BCUT2D eigenvalue weighted by atomic mass is 19.1. The molecule has 1 N–H and O–H groups in total. The van der Waals surface area contributed by atoms with Crippen LogP contribution in [0.4, 0.5) is 10.1 Å². The van der Waals surface area contributed by atoms with Gasteiger partial charge in [-0.3, -0.25) is 9.69 Å². The summed E-state index contributed by atoms with van der Waals surface area (Å²) in [4.78, 5) is 14.7. The van der Waals surface area contributed by atoms with E-state index in [4.69, 9.17) is 10.00 Å². The zero-order valence-corrected chi connectivity index (χ0v) is 13.7. The van der Waals surface area contributed by atoms with Crippen LogP contribution >= 0.6 is 0 Å². The zero-order chi connectivity index (χ0) is 17.6. The molecule has 0 aliphatic carbocycles. The number of nitrogens with one attached hydrogen (secondary N) is 1. The lowest BCUT2D eigenvalue weighted by Gasteiger charge is -2.27. The van der Waals surface area contributed by atoms with Crippen molar-refractivity contribution in [1.29, 1.82) is 5.26 Å². The summed E-state index contributed by atoms with van der Waals surface area (Å²) in [7, 11) is 0. The van der Waals surface area contributed by atoms with Gasteiger partial charge >= 0.3 is 0 Å². The van der Waals surface area contributed by atoms with Gasteiger partial charge in [0.2, 0.25) is 0 Å². The molecule has 1 aliphatic heterocycles. The van der Waals surface area contributed by atoms with Crippen LogP contribution in [-0.2, 0) is 11.3 Å². The van der Waals surface area contributed by atoms with Crippen LogP contribution in [0, 0.1) is 17.1 Å². The van der Waals surface area contributed by atoms with Crippen LogP contribution in [0.1, 0.15) is 21.5 Å². The molecule has 25 heavy (non-hydrogen) atoms. The second-order valence-electron chi connectivity index (χ2n) is 5.84. The molecule has 1 heterocycles. The largest absolute Gasteiger partial charge is 0.379 e. The van der Waals surface area contributed by atoms with Gasteiger partial charge in [-0.05, 0) is 29.8 Å². The Balaban J connectivity index is 1.77. The van der Waals surface area contributed by atoms with Crippen molar-refractivity contribution in [3.05, 3.63) is 65.0 Å². The highest BCUT2D eigenvalue weighted by Crippen LogP contribution is 2.19. The third-order valence-electron chi connectivity index (χ3n) is 4.05. The molecule has 128 valence electrons.